The molecule has 3 aromatic rings. The van der Waals surface area contributed by atoms with E-state index >= 15 is 0 Å². The summed E-state index contributed by atoms with van der Waals surface area (Å²) in [5.74, 6) is 6.94. The lowest BCUT2D eigenvalue weighted by atomic mass is 9.98. The summed E-state index contributed by atoms with van der Waals surface area (Å²) in [6, 6.07) is 17.2. The predicted octanol–water partition coefficient (Wildman–Crippen LogP) is 5.16. The zero-order valence-electron chi connectivity index (χ0n) is 26.5. The summed E-state index contributed by atoms with van der Waals surface area (Å²) in [6.45, 7) is 4.20. The maximum Gasteiger partial charge on any atom is 0.224 e. The van der Waals surface area contributed by atoms with Crippen LogP contribution in [0.3, 0.4) is 0 Å². The summed E-state index contributed by atoms with van der Waals surface area (Å²) in [7, 11) is 1.69. The number of carbonyl (C=O) groups excluding carboxylic acids is 1. The molecule has 0 heterocycles. The molecule has 250 valence electrons. The number of hydrazone groups is 1. The van der Waals surface area contributed by atoms with Crippen LogP contribution >= 0.6 is 23.2 Å². The quantitative estimate of drug-likeness (QED) is 0.0421. The minimum atomic E-state index is -0.389. The highest BCUT2D eigenvalue weighted by Gasteiger charge is 2.18. The second-order valence-electron chi connectivity index (χ2n) is 10.9. The lowest BCUT2D eigenvalue weighted by Crippen LogP contribution is -2.36. The van der Waals surface area contributed by atoms with Crippen molar-refractivity contribution in [3.63, 3.8) is 0 Å². The van der Waals surface area contributed by atoms with Crippen molar-refractivity contribution in [2.24, 2.45) is 28.3 Å². The third kappa shape index (κ3) is 12.6. The number of aryl methyl sites for hydroxylation is 2. The first kappa shape index (κ1) is 36.8. The van der Waals surface area contributed by atoms with Crippen molar-refractivity contribution < 1.29 is 23.7 Å². The molecular weight excluding hydrogens is 629 g/mol. The molecule has 0 bridgehead atoms. The van der Waals surface area contributed by atoms with E-state index in [1.54, 1.807) is 19.2 Å². The fourth-order valence-corrected chi connectivity index (χ4v) is 5.44. The molecule has 46 heavy (non-hydrogen) atoms. The largest absolute Gasteiger partial charge is 0.494 e. The normalized spacial score (nSPS) is 12.1. The van der Waals surface area contributed by atoms with Crippen molar-refractivity contribution >= 4 is 34.9 Å². The van der Waals surface area contributed by atoms with Gasteiger partial charge >= 0.3 is 0 Å². The van der Waals surface area contributed by atoms with E-state index in [9.17, 15) is 4.79 Å². The van der Waals surface area contributed by atoms with Gasteiger partial charge in [-0.15, -0.1) is 0 Å². The first-order valence-electron chi connectivity index (χ1n) is 15.3. The molecule has 7 N–H and O–H groups in total. The van der Waals surface area contributed by atoms with Crippen LogP contribution in [0.25, 0.3) is 0 Å². The van der Waals surface area contributed by atoms with E-state index in [1.165, 1.54) is 0 Å². The number of nitrogens with one attached hydrogen (secondary N) is 1. The number of amidine groups is 1. The van der Waals surface area contributed by atoms with E-state index in [0.717, 1.165) is 40.8 Å². The standard InChI is InChI=1S/C34H45Cl2N5O5/c1-23-15-30(35)33(31(36)16-23)46-14-13-45-28-9-7-24(8-10-28)18-27(21-37)34(42)40-22-26-17-25(5-3-11-43-2)19-29(20-26)44-12-4-6-32(38)41-39/h7-10,15-17,19-20,27H,3-6,11-14,18,21-22,37,39H2,1-2H3,(H2,38,41)(H,40,42). The summed E-state index contributed by atoms with van der Waals surface area (Å²) >= 11 is 12.5. The molecule has 1 unspecified atom stereocenters. The number of halogens is 2. The molecule has 3 aromatic carbocycles. The minimum Gasteiger partial charge on any atom is -0.494 e. The molecule has 0 aromatic heterocycles. The van der Waals surface area contributed by atoms with E-state index in [2.05, 4.69) is 16.5 Å². The van der Waals surface area contributed by atoms with E-state index in [4.69, 9.17) is 59.5 Å². The molecule has 0 spiro atoms. The van der Waals surface area contributed by atoms with E-state index in [-0.39, 0.29) is 25.0 Å². The Bertz CT molecular complexity index is 1400. The number of methoxy groups -OCH3 is 1. The first-order chi connectivity index (χ1) is 22.2. The van der Waals surface area contributed by atoms with Crippen LogP contribution in [0.15, 0.2) is 59.7 Å². The number of ether oxygens (including phenoxy) is 4. The van der Waals surface area contributed by atoms with Gasteiger partial charge in [0, 0.05) is 33.2 Å². The van der Waals surface area contributed by atoms with Gasteiger partial charge in [0.05, 0.1) is 22.6 Å². The number of hydrogen-bond donors (Lipinski definition) is 4. The topological polar surface area (TPSA) is 156 Å². The zero-order chi connectivity index (χ0) is 33.3. The average Bonchev–Trinajstić information content (AvgIpc) is 3.04. The van der Waals surface area contributed by atoms with Crippen molar-refractivity contribution in [2.45, 2.75) is 45.6 Å². The second kappa shape index (κ2) is 19.7. The van der Waals surface area contributed by atoms with E-state index < -0.39 is 0 Å². The number of benzene rings is 3. The fraction of sp³-hybridized carbons (Fsp3) is 0.412. The Balaban J connectivity index is 1.50. The molecule has 0 aliphatic carbocycles. The molecule has 0 radical (unpaired) electrons. The van der Waals surface area contributed by atoms with Crippen LogP contribution in [0, 0.1) is 12.8 Å². The molecule has 0 saturated heterocycles. The van der Waals surface area contributed by atoms with Gasteiger partial charge in [-0.1, -0.05) is 41.4 Å². The number of amides is 1. The third-order valence-electron chi connectivity index (χ3n) is 7.12. The Morgan fingerprint density at radius 3 is 2.22 bits per heavy atom. The van der Waals surface area contributed by atoms with Crippen LogP contribution in [0.4, 0.5) is 0 Å². The van der Waals surface area contributed by atoms with Crippen molar-refractivity contribution in [3.05, 3.63) is 86.9 Å². The smallest absolute Gasteiger partial charge is 0.224 e. The van der Waals surface area contributed by atoms with Gasteiger partial charge in [0.25, 0.3) is 0 Å². The molecule has 0 aliphatic heterocycles. The molecule has 12 heteroatoms. The van der Waals surface area contributed by atoms with Gasteiger partial charge in [-0.05, 0) is 91.3 Å². The molecule has 0 saturated carbocycles. The van der Waals surface area contributed by atoms with Crippen molar-refractivity contribution in [1.29, 1.82) is 0 Å². The maximum absolute atomic E-state index is 13.1. The lowest BCUT2D eigenvalue weighted by molar-refractivity contribution is -0.124. The Kier molecular flexibility index (Phi) is 15.8. The highest BCUT2D eigenvalue weighted by molar-refractivity contribution is 6.37. The highest BCUT2D eigenvalue weighted by atomic mass is 35.5. The van der Waals surface area contributed by atoms with E-state index in [0.29, 0.717) is 73.0 Å². The van der Waals surface area contributed by atoms with Gasteiger partial charge in [0.15, 0.2) is 5.75 Å². The van der Waals surface area contributed by atoms with Gasteiger partial charge in [0.2, 0.25) is 5.91 Å². The Labute approximate surface area is 281 Å². The fourth-order valence-electron chi connectivity index (χ4n) is 4.74. The van der Waals surface area contributed by atoms with Gasteiger partial charge in [-0.2, -0.15) is 5.10 Å². The van der Waals surface area contributed by atoms with Crippen LogP contribution in [-0.4, -0.2) is 51.8 Å². The average molecular weight is 675 g/mol. The van der Waals surface area contributed by atoms with Crippen LogP contribution in [-0.2, 0) is 28.9 Å². The van der Waals surface area contributed by atoms with Gasteiger partial charge in [0.1, 0.15) is 30.5 Å². The van der Waals surface area contributed by atoms with Crippen molar-refractivity contribution in [1.82, 2.24) is 5.32 Å². The minimum absolute atomic E-state index is 0.114. The summed E-state index contributed by atoms with van der Waals surface area (Å²) in [5.41, 5.74) is 15.7. The number of nitrogens with two attached hydrogens (primary N) is 3. The van der Waals surface area contributed by atoms with Crippen LogP contribution in [0.2, 0.25) is 10.0 Å². The van der Waals surface area contributed by atoms with Gasteiger partial charge in [-0.3, -0.25) is 4.79 Å². The number of nitrogens with zero attached hydrogens (tertiary/aromatic N) is 1. The van der Waals surface area contributed by atoms with Crippen molar-refractivity contribution in [2.75, 3.05) is 40.1 Å². The van der Waals surface area contributed by atoms with Gasteiger partial charge < -0.3 is 41.6 Å². The molecule has 3 rings (SSSR count). The molecule has 0 fully saturated rings. The number of rotatable bonds is 20. The molecular formula is C34H45Cl2N5O5. The summed E-state index contributed by atoms with van der Waals surface area (Å²) in [5, 5.41) is 7.46. The van der Waals surface area contributed by atoms with Gasteiger partial charge in [-0.25, -0.2) is 0 Å². The SMILES string of the molecule is COCCCc1cc(CNC(=O)C(CN)Cc2ccc(OCCOc3c(Cl)cc(C)cc3Cl)cc2)cc(OCCC/C(N)=N/N)c1. The van der Waals surface area contributed by atoms with Crippen LogP contribution in [0.5, 0.6) is 17.2 Å². The highest BCUT2D eigenvalue weighted by Crippen LogP contribution is 2.34. The summed E-state index contributed by atoms with van der Waals surface area (Å²) < 4.78 is 22.7. The molecule has 0 aliphatic rings. The monoisotopic (exact) mass is 673 g/mol. The second-order valence-corrected chi connectivity index (χ2v) is 11.7. The predicted molar refractivity (Wildman–Crippen MR) is 184 cm³/mol. The molecule has 1 atom stereocenters. The first-order valence-corrected chi connectivity index (χ1v) is 16.0. The molecule has 10 nitrogen and oxygen atoms in total. The summed E-state index contributed by atoms with van der Waals surface area (Å²) in [6.07, 6.45) is 3.44. The maximum atomic E-state index is 13.1. The number of hydrogen-bond acceptors (Lipinski definition) is 8. The van der Waals surface area contributed by atoms with E-state index in [1.807, 2.05) is 43.3 Å². The molecule has 1 amide bonds. The zero-order valence-corrected chi connectivity index (χ0v) is 28.0. The lowest BCUT2D eigenvalue weighted by Gasteiger charge is -2.17. The Hall–Kier alpha value is -3.70. The Morgan fingerprint density at radius 1 is 0.870 bits per heavy atom. The van der Waals surface area contributed by atoms with Crippen molar-refractivity contribution in [3.8, 4) is 17.2 Å². The Morgan fingerprint density at radius 2 is 1.54 bits per heavy atom. The third-order valence-corrected chi connectivity index (χ3v) is 7.68. The van der Waals surface area contributed by atoms with Crippen LogP contribution in [0.1, 0.15) is 41.5 Å². The number of carbonyl (C=O) groups is 1. The van der Waals surface area contributed by atoms with Crippen LogP contribution < -0.4 is 36.8 Å². The summed E-state index contributed by atoms with van der Waals surface area (Å²) in [4.78, 5) is 13.1.